The van der Waals surface area contributed by atoms with Gasteiger partial charge < -0.3 is 15.8 Å². The van der Waals surface area contributed by atoms with Crippen LogP contribution < -0.4 is 11.1 Å². The molecule has 2 aromatic rings. The van der Waals surface area contributed by atoms with Gasteiger partial charge in [0, 0.05) is 31.4 Å². The second-order valence-electron chi connectivity index (χ2n) is 6.09. The lowest BCUT2D eigenvalue weighted by Gasteiger charge is -2.34. The topological polar surface area (TPSA) is 80.5 Å². The van der Waals surface area contributed by atoms with Gasteiger partial charge in [0.05, 0.1) is 24.3 Å². The maximum Gasteiger partial charge on any atom is 0.270 e. The lowest BCUT2D eigenvalue weighted by Crippen LogP contribution is -2.43. The fourth-order valence-electron chi connectivity index (χ4n) is 2.99. The van der Waals surface area contributed by atoms with E-state index in [1.807, 2.05) is 6.07 Å². The monoisotopic (exact) mass is 450 g/mol. The first kappa shape index (κ1) is 24.7. The highest BCUT2D eigenvalue weighted by Gasteiger charge is 2.24. The van der Waals surface area contributed by atoms with Gasteiger partial charge in [-0.05, 0) is 24.2 Å². The van der Waals surface area contributed by atoms with Crippen LogP contribution in [0.4, 0.5) is 4.39 Å². The normalized spacial score (nSPS) is 15.2. The number of halogens is 3. The van der Waals surface area contributed by atoms with Crippen LogP contribution in [-0.2, 0) is 11.2 Å². The van der Waals surface area contributed by atoms with Crippen molar-refractivity contribution >= 4 is 42.1 Å². The zero-order chi connectivity index (χ0) is 18.4. The molecule has 1 fully saturated rings. The largest absolute Gasteiger partial charge is 0.379 e. The van der Waals surface area contributed by atoms with Crippen molar-refractivity contribution in [3.8, 4) is 0 Å². The number of rotatable bonds is 7. The summed E-state index contributed by atoms with van der Waals surface area (Å²) in [6.45, 7) is 3.64. The van der Waals surface area contributed by atoms with Crippen molar-refractivity contribution < 1.29 is 13.9 Å². The molecule has 1 amide bonds. The van der Waals surface area contributed by atoms with E-state index >= 15 is 0 Å². The predicted octanol–water partition coefficient (Wildman–Crippen LogP) is 2.43. The number of carbonyl (C=O) groups excluding carboxylic acids is 1. The summed E-state index contributed by atoms with van der Waals surface area (Å²) in [5.74, 6) is -0.503. The second-order valence-corrected chi connectivity index (χ2v) is 7.04. The van der Waals surface area contributed by atoms with Crippen molar-refractivity contribution in [2.24, 2.45) is 5.73 Å². The van der Waals surface area contributed by atoms with Crippen LogP contribution in [0.5, 0.6) is 0 Å². The lowest BCUT2D eigenvalue weighted by molar-refractivity contribution is 0.0161. The van der Waals surface area contributed by atoms with Gasteiger partial charge in [0.1, 0.15) is 11.5 Å². The van der Waals surface area contributed by atoms with E-state index in [0.717, 1.165) is 23.7 Å². The summed E-state index contributed by atoms with van der Waals surface area (Å²) < 4.78 is 19.1. The number of amides is 1. The molecule has 3 rings (SSSR count). The highest BCUT2D eigenvalue weighted by atomic mass is 35.5. The van der Waals surface area contributed by atoms with Crippen molar-refractivity contribution in [1.82, 2.24) is 15.2 Å². The minimum absolute atomic E-state index is 0. The van der Waals surface area contributed by atoms with Gasteiger partial charge in [-0.25, -0.2) is 9.37 Å². The molecule has 1 aliphatic rings. The molecule has 1 aromatic carbocycles. The SMILES string of the molecule is Cl.Cl.NCCc1nc(C(=O)NCC(c2cccc(F)c2)N2CCOCC2)cs1. The Hall–Kier alpha value is -1.29. The summed E-state index contributed by atoms with van der Waals surface area (Å²) in [5.41, 5.74) is 6.77. The average Bonchev–Trinajstić information content (AvgIpc) is 3.12. The summed E-state index contributed by atoms with van der Waals surface area (Å²) in [6, 6.07) is 6.42. The lowest BCUT2D eigenvalue weighted by atomic mass is 10.0. The van der Waals surface area contributed by atoms with Crippen LogP contribution in [0.2, 0.25) is 0 Å². The Morgan fingerprint density at radius 2 is 2.11 bits per heavy atom. The van der Waals surface area contributed by atoms with E-state index in [2.05, 4.69) is 15.2 Å². The van der Waals surface area contributed by atoms with Crippen LogP contribution in [0.3, 0.4) is 0 Å². The molecule has 0 aliphatic carbocycles. The third-order valence-corrected chi connectivity index (χ3v) is 5.23. The van der Waals surface area contributed by atoms with Crippen molar-refractivity contribution in [3.05, 3.63) is 51.7 Å². The van der Waals surface area contributed by atoms with Gasteiger partial charge >= 0.3 is 0 Å². The number of morpholine rings is 1. The van der Waals surface area contributed by atoms with E-state index in [1.165, 1.54) is 23.5 Å². The van der Waals surface area contributed by atoms with Crippen molar-refractivity contribution in [2.45, 2.75) is 12.5 Å². The molecular formula is C18H25Cl2FN4O2S. The molecule has 156 valence electrons. The fraction of sp³-hybridized carbons (Fsp3) is 0.444. The summed E-state index contributed by atoms with van der Waals surface area (Å²) in [7, 11) is 0. The Bertz CT molecular complexity index is 744. The number of thiazole rings is 1. The van der Waals surface area contributed by atoms with Crippen LogP contribution in [0.15, 0.2) is 29.6 Å². The minimum atomic E-state index is -0.280. The number of nitrogens with zero attached hydrogens (tertiary/aromatic N) is 2. The first-order valence-electron chi connectivity index (χ1n) is 8.67. The van der Waals surface area contributed by atoms with E-state index in [4.69, 9.17) is 10.5 Å². The molecule has 3 N–H and O–H groups in total. The number of nitrogens with one attached hydrogen (secondary N) is 1. The van der Waals surface area contributed by atoms with Gasteiger partial charge in [0.2, 0.25) is 0 Å². The first-order valence-corrected chi connectivity index (χ1v) is 9.55. The van der Waals surface area contributed by atoms with Gasteiger partial charge in [-0.1, -0.05) is 12.1 Å². The molecule has 0 saturated carbocycles. The summed E-state index contributed by atoms with van der Waals surface area (Å²) in [6.07, 6.45) is 0.664. The maximum absolute atomic E-state index is 13.7. The van der Waals surface area contributed by atoms with Crippen LogP contribution in [-0.4, -0.2) is 55.2 Å². The number of nitrogens with two attached hydrogens (primary N) is 1. The number of carbonyl (C=O) groups is 1. The quantitative estimate of drug-likeness (QED) is 0.676. The van der Waals surface area contributed by atoms with Gasteiger partial charge in [0.15, 0.2) is 0 Å². The summed E-state index contributed by atoms with van der Waals surface area (Å²) in [4.78, 5) is 19.0. The molecule has 1 saturated heterocycles. The standard InChI is InChI=1S/C18H23FN4O2S.2ClH/c19-14-3-1-2-13(10-14)16(23-6-8-25-9-7-23)11-21-18(24)15-12-26-17(22-15)4-5-20;;/h1-3,10,12,16H,4-9,11,20H2,(H,21,24);2*1H. The zero-order valence-corrected chi connectivity index (χ0v) is 17.8. The van der Waals surface area contributed by atoms with Gasteiger partial charge in [-0.3, -0.25) is 9.69 Å². The predicted molar refractivity (Wildman–Crippen MR) is 113 cm³/mol. The molecule has 1 aromatic heterocycles. The van der Waals surface area contributed by atoms with Gasteiger partial charge in [0.25, 0.3) is 5.91 Å². The van der Waals surface area contributed by atoms with Gasteiger partial charge in [-0.2, -0.15) is 0 Å². The Labute approximate surface area is 180 Å². The molecule has 10 heteroatoms. The number of hydrogen-bond acceptors (Lipinski definition) is 6. The smallest absolute Gasteiger partial charge is 0.270 e. The van der Waals surface area contributed by atoms with Crippen LogP contribution in [0.25, 0.3) is 0 Å². The highest BCUT2D eigenvalue weighted by molar-refractivity contribution is 7.09. The Morgan fingerprint density at radius 1 is 1.36 bits per heavy atom. The molecule has 1 unspecified atom stereocenters. The molecule has 1 aliphatic heterocycles. The van der Waals surface area contributed by atoms with E-state index in [0.29, 0.717) is 38.4 Å². The zero-order valence-electron chi connectivity index (χ0n) is 15.3. The first-order chi connectivity index (χ1) is 12.7. The molecule has 28 heavy (non-hydrogen) atoms. The third-order valence-electron chi connectivity index (χ3n) is 4.32. The molecule has 1 atom stereocenters. The van der Waals surface area contributed by atoms with E-state index in [-0.39, 0.29) is 42.6 Å². The Balaban J connectivity index is 0.00000196. The number of ether oxygens (including phenoxy) is 1. The third kappa shape index (κ3) is 6.65. The number of benzene rings is 1. The molecule has 0 bridgehead atoms. The molecule has 2 heterocycles. The molecule has 0 radical (unpaired) electrons. The Morgan fingerprint density at radius 3 is 2.79 bits per heavy atom. The van der Waals surface area contributed by atoms with E-state index < -0.39 is 0 Å². The van der Waals surface area contributed by atoms with Crippen LogP contribution >= 0.6 is 36.2 Å². The summed E-state index contributed by atoms with van der Waals surface area (Å²) in [5, 5.41) is 5.54. The number of aromatic nitrogens is 1. The average molecular weight is 451 g/mol. The van der Waals surface area contributed by atoms with Crippen molar-refractivity contribution in [3.63, 3.8) is 0 Å². The molecule has 6 nitrogen and oxygen atoms in total. The van der Waals surface area contributed by atoms with E-state index in [1.54, 1.807) is 11.4 Å². The highest BCUT2D eigenvalue weighted by Crippen LogP contribution is 2.22. The minimum Gasteiger partial charge on any atom is -0.379 e. The molecular weight excluding hydrogens is 426 g/mol. The second kappa shape index (κ2) is 12.3. The maximum atomic E-state index is 13.7. The van der Waals surface area contributed by atoms with E-state index in [9.17, 15) is 9.18 Å². The fourth-order valence-corrected chi connectivity index (χ4v) is 3.79. The van der Waals surface area contributed by atoms with Crippen molar-refractivity contribution in [2.75, 3.05) is 39.4 Å². The number of hydrogen-bond donors (Lipinski definition) is 2. The Kier molecular flexibility index (Phi) is 10.9. The summed E-state index contributed by atoms with van der Waals surface area (Å²) >= 11 is 1.43. The van der Waals surface area contributed by atoms with Gasteiger partial charge in [-0.15, -0.1) is 36.2 Å². The van der Waals surface area contributed by atoms with Crippen LogP contribution in [0, 0.1) is 5.82 Å². The molecule has 0 spiro atoms. The van der Waals surface area contributed by atoms with Crippen molar-refractivity contribution in [1.29, 1.82) is 0 Å². The van der Waals surface area contributed by atoms with Crippen LogP contribution in [0.1, 0.15) is 27.1 Å².